The number of aromatic nitrogens is 2. The summed E-state index contributed by atoms with van der Waals surface area (Å²) in [6.45, 7) is 1.93. The number of Topliss-reactive ketones (excluding diaryl/α,β-unsaturated/α-hetero) is 1. The summed E-state index contributed by atoms with van der Waals surface area (Å²) in [6, 6.07) is 5.70. The van der Waals surface area contributed by atoms with Gasteiger partial charge in [-0.05, 0) is 55.3 Å². The number of ketones is 1. The second-order valence-electron chi connectivity index (χ2n) is 11.6. The van der Waals surface area contributed by atoms with E-state index in [1.54, 1.807) is 18.2 Å². The Labute approximate surface area is 283 Å². The number of carboxylic acid groups (broad SMARTS) is 1. The van der Waals surface area contributed by atoms with E-state index in [0.29, 0.717) is 16.5 Å². The maximum absolute atomic E-state index is 15.4. The van der Waals surface area contributed by atoms with Gasteiger partial charge in [0.25, 0.3) is 5.91 Å². The molecule has 0 aliphatic carbocycles. The Morgan fingerprint density at radius 1 is 1.14 bits per heavy atom. The molecule has 3 N–H and O–H groups in total. The van der Waals surface area contributed by atoms with E-state index in [-0.39, 0.29) is 53.5 Å². The Morgan fingerprint density at radius 2 is 1.90 bits per heavy atom. The molecule has 50 heavy (non-hydrogen) atoms. The van der Waals surface area contributed by atoms with Crippen LogP contribution < -0.4 is 20.4 Å². The van der Waals surface area contributed by atoms with Gasteiger partial charge in [-0.3, -0.25) is 24.5 Å². The minimum atomic E-state index is -4.64. The summed E-state index contributed by atoms with van der Waals surface area (Å²) in [6.07, 6.45) is -0.625. The van der Waals surface area contributed by atoms with Gasteiger partial charge in [0.15, 0.2) is 5.78 Å². The molecule has 1 saturated heterocycles. The lowest BCUT2D eigenvalue weighted by molar-refractivity contribution is -0.167. The van der Waals surface area contributed by atoms with Crippen LogP contribution in [0.5, 0.6) is 0 Å². The maximum Gasteiger partial charge on any atom is 0.411 e. The number of aryl methyl sites for hydroxylation is 1. The van der Waals surface area contributed by atoms with E-state index in [9.17, 15) is 37.5 Å². The molecule has 3 heterocycles. The summed E-state index contributed by atoms with van der Waals surface area (Å²) in [5.41, 5.74) is 0.984. The summed E-state index contributed by atoms with van der Waals surface area (Å²) in [4.78, 5) is 61.4. The van der Waals surface area contributed by atoms with Crippen LogP contribution in [0.4, 0.5) is 39.4 Å². The predicted molar refractivity (Wildman–Crippen MR) is 175 cm³/mol. The number of nitrogens with zero attached hydrogens (tertiary/aromatic N) is 4. The second kappa shape index (κ2) is 14.5. The standard InChI is InChI=1S/C34H32F4N6O6/c1-18-13-21(44-11-12-50-17-28(44)34(36,37)38)15-24(35)29(18)31(46)41-26(32(47)48)14-20-6-7-25(30-23(20)5-4-9-40-30)42-33(49)43(3)27-16-39-10-8-22(27)19(2)45/h4-10,13,15-16,26,28H,11-12,14,17H2,1-3H3,(H,41,46)(H,42,49)(H,47,48)/t26-,28+/m0/s1. The molecule has 1 fully saturated rings. The highest BCUT2D eigenvalue weighted by Crippen LogP contribution is 2.33. The van der Waals surface area contributed by atoms with Gasteiger partial charge in [0.2, 0.25) is 0 Å². The molecule has 12 nitrogen and oxygen atoms in total. The summed E-state index contributed by atoms with van der Waals surface area (Å²) in [7, 11) is 1.46. The van der Waals surface area contributed by atoms with Gasteiger partial charge in [0.05, 0.1) is 41.9 Å². The molecule has 2 atom stereocenters. The molecule has 0 spiro atoms. The third-order valence-electron chi connectivity index (χ3n) is 8.31. The molecule has 0 unspecified atom stereocenters. The summed E-state index contributed by atoms with van der Waals surface area (Å²) in [5.74, 6) is -3.87. The number of halogens is 4. The summed E-state index contributed by atoms with van der Waals surface area (Å²) >= 11 is 0. The molecular weight excluding hydrogens is 664 g/mol. The van der Waals surface area contributed by atoms with Crippen LogP contribution in [-0.4, -0.2) is 83.8 Å². The average molecular weight is 697 g/mol. The number of alkyl halides is 3. The number of pyridine rings is 2. The van der Waals surface area contributed by atoms with Crippen LogP contribution in [0.15, 0.2) is 61.1 Å². The van der Waals surface area contributed by atoms with Crippen molar-refractivity contribution in [3.63, 3.8) is 0 Å². The fourth-order valence-corrected chi connectivity index (χ4v) is 5.78. The zero-order chi connectivity index (χ0) is 36.3. The van der Waals surface area contributed by atoms with Crippen molar-refractivity contribution < 1.29 is 46.6 Å². The first kappa shape index (κ1) is 35.7. The number of urea groups is 1. The van der Waals surface area contributed by atoms with Crippen LogP contribution in [0.1, 0.15) is 38.8 Å². The van der Waals surface area contributed by atoms with Crippen molar-refractivity contribution in [2.75, 3.05) is 41.9 Å². The zero-order valence-corrected chi connectivity index (χ0v) is 27.0. The van der Waals surface area contributed by atoms with Crippen LogP contribution in [0, 0.1) is 12.7 Å². The van der Waals surface area contributed by atoms with E-state index < -0.39 is 54.2 Å². The molecule has 1 aliphatic heterocycles. The van der Waals surface area contributed by atoms with Crippen LogP contribution in [0.3, 0.4) is 0 Å². The van der Waals surface area contributed by atoms with E-state index >= 15 is 4.39 Å². The van der Waals surface area contributed by atoms with Gasteiger partial charge in [-0.2, -0.15) is 13.2 Å². The first-order chi connectivity index (χ1) is 23.7. The van der Waals surface area contributed by atoms with E-state index in [2.05, 4.69) is 20.6 Å². The van der Waals surface area contributed by atoms with Gasteiger partial charge in [-0.15, -0.1) is 0 Å². The quantitative estimate of drug-likeness (QED) is 0.159. The number of carbonyl (C=O) groups excluding carboxylic acids is 3. The number of hydrogen-bond acceptors (Lipinski definition) is 8. The van der Waals surface area contributed by atoms with Crippen molar-refractivity contribution in [2.24, 2.45) is 0 Å². The highest BCUT2D eigenvalue weighted by atomic mass is 19.4. The normalized spacial score (nSPS) is 15.3. The lowest BCUT2D eigenvalue weighted by Crippen LogP contribution is -2.53. The third-order valence-corrected chi connectivity index (χ3v) is 8.31. The van der Waals surface area contributed by atoms with Crippen molar-refractivity contribution in [3.8, 4) is 0 Å². The van der Waals surface area contributed by atoms with Crippen LogP contribution in [-0.2, 0) is 16.0 Å². The Balaban J connectivity index is 1.37. The molecule has 5 rings (SSSR count). The van der Waals surface area contributed by atoms with Gasteiger partial charge >= 0.3 is 18.2 Å². The van der Waals surface area contributed by atoms with Crippen LogP contribution in [0.25, 0.3) is 10.9 Å². The van der Waals surface area contributed by atoms with E-state index in [1.807, 2.05) is 0 Å². The van der Waals surface area contributed by atoms with Gasteiger partial charge in [-0.25, -0.2) is 14.0 Å². The van der Waals surface area contributed by atoms with Crippen molar-refractivity contribution in [1.29, 1.82) is 0 Å². The van der Waals surface area contributed by atoms with Gasteiger partial charge in [0, 0.05) is 49.0 Å². The van der Waals surface area contributed by atoms with Crippen molar-refractivity contribution >= 4 is 51.7 Å². The van der Waals surface area contributed by atoms with Crippen LogP contribution in [0.2, 0.25) is 0 Å². The third kappa shape index (κ3) is 7.49. The number of ether oxygens (including phenoxy) is 1. The molecule has 1 aliphatic rings. The van der Waals surface area contributed by atoms with E-state index in [0.717, 1.165) is 11.0 Å². The molecule has 4 aromatic rings. The van der Waals surface area contributed by atoms with Crippen molar-refractivity contribution in [1.82, 2.24) is 15.3 Å². The predicted octanol–water partition coefficient (Wildman–Crippen LogP) is 5.14. The molecule has 0 saturated carbocycles. The number of aliphatic carboxylic acids is 1. The second-order valence-corrected chi connectivity index (χ2v) is 11.6. The topological polar surface area (TPSA) is 154 Å². The fraction of sp³-hybridized carbons (Fsp3) is 0.294. The van der Waals surface area contributed by atoms with Crippen molar-refractivity contribution in [2.45, 2.75) is 38.5 Å². The highest BCUT2D eigenvalue weighted by molar-refractivity contribution is 6.10. The van der Waals surface area contributed by atoms with E-state index in [1.165, 1.54) is 62.6 Å². The molecule has 262 valence electrons. The SMILES string of the molecule is CC(=O)c1ccncc1N(C)C(=O)Nc1ccc(C[C@H](NC(=O)c2c(C)cc(N3CCOC[C@@H]3C(F)(F)F)cc2F)C(=O)O)c2cccnc12. The first-order valence-corrected chi connectivity index (χ1v) is 15.3. The van der Waals surface area contributed by atoms with Crippen LogP contribution >= 0.6 is 0 Å². The Bertz CT molecular complexity index is 1950. The minimum absolute atomic E-state index is 0.00224. The molecule has 16 heteroatoms. The Morgan fingerprint density at radius 3 is 2.58 bits per heavy atom. The average Bonchev–Trinajstić information content (AvgIpc) is 3.07. The molecule has 2 aromatic carbocycles. The Hall–Kier alpha value is -5.64. The summed E-state index contributed by atoms with van der Waals surface area (Å²) < 4.78 is 61.2. The van der Waals surface area contributed by atoms with Gasteiger partial charge in [0.1, 0.15) is 17.9 Å². The van der Waals surface area contributed by atoms with Crippen molar-refractivity contribution in [3.05, 3.63) is 89.1 Å². The maximum atomic E-state index is 15.4. The number of carbonyl (C=O) groups is 4. The lowest BCUT2D eigenvalue weighted by atomic mass is 9.99. The van der Waals surface area contributed by atoms with Gasteiger partial charge in [-0.1, -0.05) is 12.1 Å². The van der Waals surface area contributed by atoms with Gasteiger partial charge < -0.3 is 25.4 Å². The number of hydrogen-bond donors (Lipinski definition) is 3. The number of carboxylic acids is 1. The smallest absolute Gasteiger partial charge is 0.411 e. The highest BCUT2D eigenvalue weighted by Gasteiger charge is 2.45. The molecule has 2 aromatic heterocycles. The number of nitrogens with one attached hydrogen (secondary N) is 2. The number of morpholine rings is 1. The minimum Gasteiger partial charge on any atom is -0.480 e. The largest absolute Gasteiger partial charge is 0.480 e. The number of benzene rings is 2. The molecular formula is C34H32F4N6O6. The summed E-state index contributed by atoms with van der Waals surface area (Å²) in [5, 5.41) is 15.6. The zero-order valence-electron chi connectivity index (χ0n) is 27.0. The first-order valence-electron chi connectivity index (χ1n) is 15.3. The Kier molecular flexibility index (Phi) is 10.3. The van der Waals surface area contributed by atoms with E-state index in [4.69, 9.17) is 4.74 Å². The molecule has 3 amide bonds. The number of anilines is 3. The number of fused-ring (bicyclic) bond motifs is 1. The molecule has 0 bridgehead atoms. The number of rotatable bonds is 9. The number of amides is 3. The lowest BCUT2D eigenvalue weighted by Gasteiger charge is -2.38. The fourth-order valence-electron chi connectivity index (χ4n) is 5.78. The monoisotopic (exact) mass is 696 g/mol. The molecule has 0 radical (unpaired) electrons.